The van der Waals surface area contributed by atoms with E-state index in [1.54, 1.807) is 13.3 Å². The molecule has 1 atom stereocenters. The van der Waals surface area contributed by atoms with E-state index in [9.17, 15) is 0 Å². The number of aromatic nitrogens is 2. The van der Waals surface area contributed by atoms with Crippen molar-refractivity contribution in [3.05, 3.63) is 10.7 Å². The third-order valence-electron chi connectivity index (χ3n) is 2.91. The summed E-state index contributed by atoms with van der Waals surface area (Å²) in [5.74, 6) is 2.78. The molecular weight excluding hydrogens is 270 g/mol. The number of nitrogens with one attached hydrogen (secondary N) is 1. The first-order valence-corrected chi connectivity index (χ1v) is 6.30. The van der Waals surface area contributed by atoms with Crippen molar-refractivity contribution in [2.75, 3.05) is 19.0 Å². The van der Waals surface area contributed by atoms with Crippen molar-refractivity contribution >= 4 is 21.9 Å². The molecule has 0 aromatic carbocycles. The molecular formula is C11H16BrN3O. The third kappa shape index (κ3) is 2.84. The van der Waals surface area contributed by atoms with E-state index in [1.807, 2.05) is 0 Å². The van der Waals surface area contributed by atoms with Gasteiger partial charge < -0.3 is 10.1 Å². The molecule has 2 rings (SSSR count). The van der Waals surface area contributed by atoms with Gasteiger partial charge in [0.1, 0.15) is 0 Å². The highest BCUT2D eigenvalue weighted by Gasteiger charge is 2.27. The van der Waals surface area contributed by atoms with Crippen molar-refractivity contribution < 1.29 is 4.74 Å². The molecule has 16 heavy (non-hydrogen) atoms. The SMILES string of the molecule is COc1nc(NCC(C)C2CC2)ncc1Br. The molecule has 1 aliphatic rings. The molecule has 0 radical (unpaired) electrons. The summed E-state index contributed by atoms with van der Waals surface area (Å²) in [6.45, 7) is 3.19. The van der Waals surface area contributed by atoms with E-state index in [4.69, 9.17) is 4.74 Å². The minimum Gasteiger partial charge on any atom is -0.480 e. The van der Waals surface area contributed by atoms with Crippen LogP contribution in [-0.2, 0) is 0 Å². The monoisotopic (exact) mass is 285 g/mol. The van der Waals surface area contributed by atoms with Gasteiger partial charge in [-0.3, -0.25) is 0 Å². The Labute approximate surface area is 104 Å². The molecule has 5 heteroatoms. The Kier molecular flexibility index (Phi) is 3.63. The number of hydrogen-bond donors (Lipinski definition) is 1. The summed E-state index contributed by atoms with van der Waals surface area (Å²) < 4.78 is 5.89. The molecule has 4 nitrogen and oxygen atoms in total. The van der Waals surface area contributed by atoms with Crippen molar-refractivity contribution in [3.8, 4) is 5.88 Å². The fraction of sp³-hybridized carbons (Fsp3) is 0.636. The van der Waals surface area contributed by atoms with Crippen LogP contribution in [0.1, 0.15) is 19.8 Å². The molecule has 1 fully saturated rings. The Balaban J connectivity index is 1.93. The topological polar surface area (TPSA) is 47.0 Å². The lowest BCUT2D eigenvalue weighted by Gasteiger charge is -2.11. The Morgan fingerprint density at radius 3 is 3.00 bits per heavy atom. The van der Waals surface area contributed by atoms with Crippen molar-refractivity contribution in [1.82, 2.24) is 9.97 Å². The van der Waals surface area contributed by atoms with Crippen LogP contribution in [0, 0.1) is 11.8 Å². The third-order valence-corrected chi connectivity index (χ3v) is 3.46. The van der Waals surface area contributed by atoms with E-state index in [0.29, 0.717) is 17.7 Å². The van der Waals surface area contributed by atoms with E-state index >= 15 is 0 Å². The zero-order valence-corrected chi connectivity index (χ0v) is 11.1. The van der Waals surface area contributed by atoms with E-state index in [1.165, 1.54) is 12.8 Å². The van der Waals surface area contributed by atoms with Crippen LogP contribution in [0.2, 0.25) is 0 Å². The predicted molar refractivity (Wildman–Crippen MR) is 66.7 cm³/mol. The van der Waals surface area contributed by atoms with Crippen LogP contribution in [0.3, 0.4) is 0 Å². The van der Waals surface area contributed by atoms with Gasteiger partial charge in [0, 0.05) is 6.54 Å². The molecule has 1 aliphatic carbocycles. The fourth-order valence-electron chi connectivity index (χ4n) is 1.66. The van der Waals surface area contributed by atoms with Gasteiger partial charge in [-0.2, -0.15) is 4.98 Å². The van der Waals surface area contributed by atoms with E-state index in [2.05, 4.69) is 38.1 Å². The highest BCUT2D eigenvalue weighted by molar-refractivity contribution is 9.10. The maximum atomic E-state index is 5.11. The van der Waals surface area contributed by atoms with E-state index < -0.39 is 0 Å². The summed E-state index contributed by atoms with van der Waals surface area (Å²) in [4.78, 5) is 8.44. The molecule has 88 valence electrons. The van der Waals surface area contributed by atoms with E-state index in [0.717, 1.165) is 16.9 Å². The summed E-state index contributed by atoms with van der Waals surface area (Å²) in [5.41, 5.74) is 0. The molecule has 1 saturated carbocycles. The molecule has 0 aliphatic heterocycles. The van der Waals surface area contributed by atoms with Crippen molar-refractivity contribution in [2.24, 2.45) is 11.8 Å². The lowest BCUT2D eigenvalue weighted by atomic mass is 10.1. The second-order valence-corrected chi connectivity index (χ2v) is 5.10. The van der Waals surface area contributed by atoms with Gasteiger partial charge in [-0.15, -0.1) is 0 Å². The molecule has 1 aromatic heterocycles. The van der Waals surface area contributed by atoms with Crippen LogP contribution < -0.4 is 10.1 Å². The minimum absolute atomic E-state index is 0.566. The molecule has 1 unspecified atom stereocenters. The minimum atomic E-state index is 0.566. The maximum absolute atomic E-state index is 5.11. The summed E-state index contributed by atoms with van der Waals surface area (Å²) in [6.07, 6.45) is 4.44. The molecule has 1 heterocycles. The van der Waals surface area contributed by atoms with Gasteiger partial charge in [-0.05, 0) is 40.6 Å². The number of hydrogen-bond acceptors (Lipinski definition) is 4. The van der Waals surface area contributed by atoms with Gasteiger partial charge in [0.2, 0.25) is 11.8 Å². The quantitative estimate of drug-likeness (QED) is 0.904. The van der Waals surface area contributed by atoms with Gasteiger partial charge in [-0.1, -0.05) is 6.92 Å². The molecule has 0 bridgehead atoms. The van der Waals surface area contributed by atoms with E-state index in [-0.39, 0.29) is 0 Å². The summed E-state index contributed by atoms with van der Waals surface area (Å²) in [7, 11) is 1.60. The largest absolute Gasteiger partial charge is 0.480 e. The first kappa shape index (κ1) is 11.6. The van der Waals surface area contributed by atoms with Crippen LogP contribution in [0.15, 0.2) is 10.7 Å². The van der Waals surface area contributed by atoms with Crippen LogP contribution in [0.5, 0.6) is 5.88 Å². The summed E-state index contributed by atoms with van der Waals surface area (Å²) in [6, 6.07) is 0. The van der Waals surface area contributed by atoms with Gasteiger partial charge in [0.25, 0.3) is 0 Å². The highest BCUT2D eigenvalue weighted by Crippen LogP contribution is 2.36. The van der Waals surface area contributed by atoms with Crippen molar-refractivity contribution in [2.45, 2.75) is 19.8 Å². The van der Waals surface area contributed by atoms with Gasteiger partial charge in [0.15, 0.2) is 0 Å². The highest BCUT2D eigenvalue weighted by atomic mass is 79.9. The lowest BCUT2D eigenvalue weighted by molar-refractivity contribution is 0.394. The number of halogens is 1. The zero-order valence-electron chi connectivity index (χ0n) is 9.53. The molecule has 0 saturated heterocycles. The Hall–Kier alpha value is -0.840. The maximum Gasteiger partial charge on any atom is 0.232 e. The predicted octanol–water partition coefficient (Wildman–Crippen LogP) is 2.71. The smallest absolute Gasteiger partial charge is 0.232 e. The molecule has 1 N–H and O–H groups in total. The van der Waals surface area contributed by atoms with Gasteiger partial charge >= 0.3 is 0 Å². The number of rotatable bonds is 5. The fourth-order valence-corrected chi connectivity index (χ4v) is 2.02. The molecule has 1 aromatic rings. The second kappa shape index (κ2) is 4.99. The van der Waals surface area contributed by atoms with Crippen molar-refractivity contribution in [3.63, 3.8) is 0 Å². The normalized spacial score (nSPS) is 16.9. The Bertz CT molecular complexity index is 368. The van der Waals surface area contributed by atoms with Crippen LogP contribution in [0.25, 0.3) is 0 Å². The Morgan fingerprint density at radius 1 is 1.62 bits per heavy atom. The van der Waals surface area contributed by atoms with Crippen LogP contribution in [-0.4, -0.2) is 23.6 Å². The molecule has 0 spiro atoms. The number of nitrogens with zero attached hydrogens (tertiary/aromatic N) is 2. The summed E-state index contributed by atoms with van der Waals surface area (Å²) >= 11 is 3.33. The first-order valence-electron chi connectivity index (χ1n) is 5.51. The first-order chi connectivity index (χ1) is 7.70. The van der Waals surface area contributed by atoms with Crippen LogP contribution >= 0.6 is 15.9 Å². The number of ether oxygens (including phenoxy) is 1. The average molecular weight is 286 g/mol. The zero-order chi connectivity index (χ0) is 11.5. The van der Waals surface area contributed by atoms with Crippen molar-refractivity contribution in [1.29, 1.82) is 0 Å². The summed E-state index contributed by atoms with van der Waals surface area (Å²) in [5, 5.41) is 3.24. The number of anilines is 1. The molecule has 0 amide bonds. The average Bonchev–Trinajstić information content (AvgIpc) is 3.11. The standard InChI is InChI=1S/C11H16BrN3O/c1-7(8-3-4-8)5-13-11-14-6-9(12)10(15-11)16-2/h6-8H,3-5H2,1-2H3,(H,13,14,15). The van der Waals surface area contributed by atoms with Crippen LogP contribution in [0.4, 0.5) is 5.95 Å². The van der Waals surface area contributed by atoms with Gasteiger partial charge in [-0.25, -0.2) is 4.98 Å². The van der Waals surface area contributed by atoms with Gasteiger partial charge in [0.05, 0.1) is 17.8 Å². The Morgan fingerprint density at radius 2 is 2.38 bits per heavy atom. The second-order valence-electron chi connectivity index (χ2n) is 4.25. The number of methoxy groups -OCH3 is 1. The lowest BCUT2D eigenvalue weighted by Crippen LogP contribution is -2.14.